The van der Waals surface area contributed by atoms with E-state index in [4.69, 9.17) is 4.74 Å². The fourth-order valence-corrected chi connectivity index (χ4v) is 5.53. The SMILES string of the molecule is CCOC1=C(c2ccccc2)C2(C=C(N(C)C)C(c3ccccc3)C2)C(c2ccccc2)=C1. The normalized spacial score (nSPS) is 21.8. The minimum absolute atomic E-state index is 0.257. The monoisotopic (exact) mass is 433 g/mol. The van der Waals surface area contributed by atoms with E-state index in [1.807, 2.05) is 0 Å². The molecule has 0 bridgehead atoms. The second-order valence-electron chi connectivity index (χ2n) is 9.06. The quantitative estimate of drug-likeness (QED) is 0.409. The van der Waals surface area contributed by atoms with Crippen molar-refractivity contribution in [3.05, 3.63) is 131 Å². The summed E-state index contributed by atoms with van der Waals surface area (Å²) in [5, 5.41) is 0. The molecule has 0 heterocycles. The van der Waals surface area contributed by atoms with E-state index < -0.39 is 0 Å². The zero-order valence-corrected chi connectivity index (χ0v) is 19.7. The molecule has 1 spiro atoms. The van der Waals surface area contributed by atoms with Crippen LogP contribution in [0.2, 0.25) is 0 Å². The van der Waals surface area contributed by atoms with Gasteiger partial charge in [-0.2, -0.15) is 0 Å². The molecule has 33 heavy (non-hydrogen) atoms. The minimum Gasteiger partial charge on any atom is -0.494 e. The molecular weight excluding hydrogens is 402 g/mol. The average Bonchev–Trinajstić information content (AvgIpc) is 3.40. The van der Waals surface area contributed by atoms with Crippen molar-refractivity contribution in [1.82, 2.24) is 4.90 Å². The van der Waals surface area contributed by atoms with Crippen molar-refractivity contribution >= 4 is 11.1 Å². The number of ether oxygens (including phenoxy) is 1. The maximum Gasteiger partial charge on any atom is 0.124 e. The number of allylic oxidation sites excluding steroid dienone is 5. The first-order valence-electron chi connectivity index (χ1n) is 11.8. The summed E-state index contributed by atoms with van der Waals surface area (Å²) in [6.07, 6.45) is 5.78. The molecule has 2 heteroatoms. The first-order chi connectivity index (χ1) is 16.1. The minimum atomic E-state index is -0.257. The molecule has 2 nitrogen and oxygen atoms in total. The van der Waals surface area contributed by atoms with E-state index in [0.29, 0.717) is 12.5 Å². The number of hydrogen-bond acceptors (Lipinski definition) is 2. The third-order valence-electron chi connectivity index (χ3n) is 6.89. The second-order valence-corrected chi connectivity index (χ2v) is 9.06. The lowest BCUT2D eigenvalue weighted by molar-refractivity contribution is 0.244. The highest BCUT2D eigenvalue weighted by Gasteiger charge is 2.50. The van der Waals surface area contributed by atoms with Gasteiger partial charge in [0.2, 0.25) is 0 Å². The van der Waals surface area contributed by atoms with Gasteiger partial charge in [0.25, 0.3) is 0 Å². The van der Waals surface area contributed by atoms with Crippen molar-refractivity contribution in [1.29, 1.82) is 0 Å². The van der Waals surface area contributed by atoms with Crippen LogP contribution in [0.15, 0.2) is 115 Å². The van der Waals surface area contributed by atoms with Gasteiger partial charge < -0.3 is 9.64 Å². The fourth-order valence-electron chi connectivity index (χ4n) is 5.53. The number of benzene rings is 3. The topological polar surface area (TPSA) is 12.5 Å². The van der Waals surface area contributed by atoms with Crippen molar-refractivity contribution in [3.8, 4) is 0 Å². The summed E-state index contributed by atoms with van der Waals surface area (Å²) < 4.78 is 6.31. The van der Waals surface area contributed by atoms with E-state index in [0.717, 1.165) is 12.2 Å². The number of rotatable bonds is 6. The van der Waals surface area contributed by atoms with E-state index in [9.17, 15) is 0 Å². The molecule has 2 atom stereocenters. The molecule has 5 rings (SSSR count). The molecule has 0 saturated heterocycles. The molecule has 0 radical (unpaired) electrons. The molecule has 3 aromatic carbocycles. The van der Waals surface area contributed by atoms with Crippen LogP contribution in [0.5, 0.6) is 0 Å². The third kappa shape index (κ3) is 3.70. The summed E-state index contributed by atoms with van der Waals surface area (Å²) in [7, 11) is 4.33. The third-order valence-corrected chi connectivity index (χ3v) is 6.89. The molecule has 0 fully saturated rings. The molecular formula is C31H31NO. The Hall–Kier alpha value is -3.52. The van der Waals surface area contributed by atoms with E-state index in [2.05, 4.69) is 129 Å². The molecule has 0 saturated carbocycles. The van der Waals surface area contributed by atoms with Gasteiger partial charge in [0, 0.05) is 36.7 Å². The van der Waals surface area contributed by atoms with Gasteiger partial charge in [-0.3, -0.25) is 0 Å². The molecule has 0 N–H and O–H groups in total. The zero-order chi connectivity index (χ0) is 22.8. The van der Waals surface area contributed by atoms with E-state index in [1.54, 1.807) is 0 Å². The van der Waals surface area contributed by atoms with Crippen LogP contribution in [0.1, 0.15) is 36.0 Å². The van der Waals surface area contributed by atoms with Gasteiger partial charge in [0.05, 0.1) is 6.61 Å². The van der Waals surface area contributed by atoms with Crippen LogP contribution < -0.4 is 0 Å². The highest BCUT2D eigenvalue weighted by molar-refractivity contribution is 5.97. The second kappa shape index (κ2) is 8.78. The molecule has 0 aromatic heterocycles. The van der Waals surface area contributed by atoms with Crippen molar-refractivity contribution in [2.24, 2.45) is 5.41 Å². The summed E-state index contributed by atoms with van der Waals surface area (Å²) in [6.45, 7) is 2.71. The van der Waals surface area contributed by atoms with Crippen molar-refractivity contribution in [2.75, 3.05) is 20.7 Å². The lowest BCUT2D eigenvalue weighted by Crippen LogP contribution is -2.19. The lowest BCUT2D eigenvalue weighted by Gasteiger charge is -2.31. The molecule has 2 aliphatic rings. The van der Waals surface area contributed by atoms with Gasteiger partial charge in [0.1, 0.15) is 5.76 Å². The van der Waals surface area contributed by atoms with Crippen molar-refractivity contribution in [2.45, 2.75) is 19.3 Å². The van der Waals surface area contributed by atoms with Crippen LogP contribution >= 0.6 is 0 Å². The summed E-state index contributed by atoms with van der Waals surface area (Å²) in [5.41, 5.74) is 7.54. The average molecular weight is 434 g/mol. The predicted molar refractivity (Wildman–Crippen MR) is 137 cm³/mol. The summed E-state index contributed by atoms with van der Waals surface area (Å²) in [6, 6.07) is 32.5. The standard InChI is InChI=1S/C31H31NO/c1-4-33-29-20-27(24-16-10-6-11-17-24)31(30(29)25-18-12-7-13-19-25)21-26(28(22-31)32(2)3)23-14-8-5-9-15-23/h5-20,22,26H,4,21H2,1-3H3. The zero-order valence-electron chi connectivity index (χ0n) is 19.7. The summed E-state index contributed by atoms with van der Waals surface area (Å²) >= 11 is 0. The Morgan fingerprint density at radius 3 is 1.97 bits per heavy atom. The Bertz CT molecular complexity index is 1210. The largest absolute Gasteiger partial charge is 0.494 e. The van der Waals surface area contributed by atoms with Crippen LogP contribution in [0.25, 0.3) is 11.1 Å². The van der Waals surface area contributed by atoms with Crippen LogP contribution in [-0.4, -0.2) is 25.6 Å². The van der Waals surface area contributed by atoms with Gasteiger partial charge in [-0.1, -0.05) is 91.0 Å². The Kier molecular flexibility index (Phi) is 5.68. The highest BCUT2D eigenvalue weighted by atomic mass is 16.5. The maximum atomic E-state index is 6.31. The highest BCUT2D eigenvalue weighted by Crippen LogP contribution is 2.63. The molecule has 0 amide bonds. The fraction of sp³-hybridized carbons (Fsp3) is 0.226. The summed E-state index contributed by atoms with van der Waals surface area (Å²) in [5.74, 6) is 1.30. The smallest absolute Gasteiger partial charge is 0.124 e. The van der Waals surface area contributed by atoms with Crippen LogP contribution in [0, 0.1) is 5.41 Å². The van der Waals surface area contributed by atoms with E-state index in [1.165, 1.54) is 33.5 Å². The molecule has 166 valence electrons. The van der Waals surface area contributed by atoms with Gasteiger partial charge >= 0.3 is 0 Å². The Balaban J connectivity index is 1.75. The van der Waals surface area contributed by atoms with Crippen molar-refractivity contribution < 1.29 is 4.74 Å². The van der Waals surface area contributed by atoms with Gasteiger partial charge in [-0.25, -0.2) is 0 Å². The van der Waals surface area contributed by atoms with Crippen molar-refractivity contribution in [3.63, 3.8) is 0 Å². The van der Waals surface area contributed by atoms with Crippen LogP contribution in [-0.2, 0) is 4.74 Å². The molecule has 2 unspecified atom stereocenters. The van der Waals surface area contributed by atoms with Gasteiger partial charge in [0.15, 0.2) is 0 Å². The van der Waals surface area contributed by atoms with Crippen LogP contribution in [0.3, 0.4) is 0 Å². The predicted octanol–water partition coefficient (Wildman–Crippen LogP) is 7.15. The first kappa shape index (κ1) is 21.3. The number of hydrogen-bond donors (Lipinski definition) is 0. The van der Waals surface area contributed by atoms with Crippen LogP contribution in [0.4, 0.5) is 0 Å². The lowest BCUT2D eigenvalue weighted by atomic mass is 9.70. The molecule has 2 aliphatic carbocycles. The van der Waals surface area contributed by atoms with E-state index in [-0.39, 0.29) is 5.41 Å². The first-order valence-corrected chi connectivity index (χ1v) is 11.8. The molecule has 3 aromatic rings. The Labute approximate surface area is 197 Å². The molecule has 0 aliphatic heterocycles. The van der Waals surface area contributed by atoms with E-state index >= 15 is 0 Å². The summed E-state index contributed by atoms with van der Waals surface area (Å²) in [4.78, 5) is 2.29. The number of nitrogens with zero attached hydrogens (tertiary/aromatic N) is 1. The Morgan fingerprint density at radius 1 is 0.818 bits per heavy atom. The van der Waals surface area contributed by atoms with Gasteiger partial charge in [-0.05, 0) is 47.8 Å². The number of likely N-dealkylation sites (N-methyl/N-ethyl adjacent to an activating group) is 1. The van der Waals surface area contributed by atoms with Gasteiger partial charge in [-0.15, -0.1) is 0 Å². The maximum absolute atomic E-state index is 6.31. The Morgan fingerprint density at radius 2 is 1.39 bits per heavy atom.